The Bertz CT molecular complexity index is 504. The molecule has 0 aliphatic rings. The summed E-state index contributed by atoms with van der Waals surface area (Å²) in [5.41, 5.74) is 0.0303. The molecule has 0 bridgehead atoms. The Morgan fingerprint density at radius 2 is 2.10 bits per heavy atom. The van der Waals surface area contributed by atoms with Crippen molar-refractivity contribution >= 4 is 11.9 Å². The Hall–Kier alpha value is -2.11. The third-order valence-corrected chi connectivity index (χ3v) is 2.85. The van der Waals surface area contributed by atoms with E-state index in [2.05, 4.69) is 5.32 Å². The van der Waals surface area contributed by atoms with Gasteiger partial charge < -0.3 is 14.8 Å². The third-order valence-electron chi connectivity index (χ3n) is 2.85. The van der Waals surface area contributed by atoms with Gasteiger partial charge in [-0.15, -0.1) is 0 Å². The normalized spacial score (nSPS) is 11.6. The fraction of sp³-hybridized carbons (Fsp3) is 0.467. The number of benzene rings is 1. The highest BCUT2D eigenvalue weighted by Gasteiger charge is 2.14. The van der Waals surface area contributed by atoms with Crippen molar-refractivity contribution in [3.8, 4) is 5.75 Å². The maximum atomic E-state index is 13.5. The summed E-state index contributed by atoms with van der Waals surface area (Å²) in [6.07, 6.45) is 1.80. The van der Waals surface area contributed by atoms with E-state index in [1.807, 2.05) is 13.8 Å². The molecular formula is C15H20FNO4. The monoisotopic (exact) mass is 297 g/mol. The summed E-state index contributed by atoms with van der Waals surface area (Å²) >= 11 is 0. The van der Waals surface area contributed by atoms with Gasteiger partial charge in [0.2, 0.25) is 0 Å². The predicted octanol–water partition coefficient (Wildman–Crippen LogP) is 2.30. The van der Waals surface area contributed by atoms with Crippen LogP contribution < -0.4 is 10.1 Å². The van der Waals surface area contributed by atoms with Crippen LogP contribution in [0.25, 0.3) is 0 Å². The van der Waals surface area contributed by atoms with Crippen molar-refractivity contribution in [1.29, 1.82) is 0 Å². The Kier molecular flexibility index (Phi) is 6.65. The van der Waals surface area contributed by atoms with Gasteiger partial charge >= 0.3 is 5.97 Å². The van der Waals surface area contributed by atoms with Crippen molar-refractivity contribution in [2.24, 2.45) is 0 Å². The molecule has 21 heavy (non-hydrogen) atoms. The van der Waals surface area contributed by atoms with Crippen molar-refractivity contribution in [3.63, 3.8) is 0 Å². The van der Waals surface area contributed by atoms with E-state index >= 15 is 0 Å². The summed E-state index contributed by atoms with van der Waals surface area (Å²) in [6, 6.07) is 3.75. The molecule has 1 aromatic rings. The van der Waals surface area contributed by atoms with Crippen molar-refractivity contribution in [2.45, 2.75) is 32.7 Å². The molecule has 1 atom stereocenters. The van der Waals surface area contributed by atoms with Gasteiger partial charge in [-0.25, -0.2) is 9.18 Å². The first-order valence-electron chi connectivity index (χ1n) is 6.78. The summed E-state index contributed by atoms with van der Waals surface area (Å²) in [4.78, 5) is 23.3. The lowest BCUT2D eigenvalue weighted by Gasteiger charge is -2.12. The quantitative estimate of drug-likeness (QED) is 0.784. The first kappa shape index (κ1) is 16.9. The van der Waals surface area contributed by atoms with Crippen LogP contribution in [0, 0.1) is 5.82 Å². The molecule has 1 N–H and O–H groups in total. The summed E-state index contributed by atoms with van der Waals surface area (Å²) < 4.78 is 23.0. The smallest absolute Gasteiger partial charge is 0.338 e. The van der Waals surface area contributed by atoms with Crippen LogP contribution in [0.4, 0.5) is 4.39 Å². The molecule has 116 valence electrons. The first-order valence-corrected chi connectivity index (χ1v) is 6.78. The van der Waals surface area contributed by atoms with Crippen LogP contribution in [0.1, 0.15) is 37.0 Å². The van der Waals surface area contributed by atoms with E-state index in [1.54, 1.807) is 0 Å². The topological polar surface area (TPSA) is 64.6 Å². The zero-order chi connectivity index (χ0) is 15.8. The molecule has 0 radical (unpaired) electrons. The minimum Gasteiger partial charge on any atom is -0.494 e. The van der Waals surface area contributed by atoms with Crippen molar-refractivity contribution < 1.29 is 23.5 Å². The van der Waals surface area contributed by atoms with Crippen molar-refractivity contribution in [3.05, 3.63) is 29.6 Å². The van der Waals surface area contributed by atoms with Crippen LogP contribution in [0.15, 0.2) is 18.2 Å². The number of amides is 1. The van der Waals surface area contributed by atoms with E-state index in [-0.39, 0.29) is 29.9 Å². The number of hydrogen-bond acceptors (Lipinski definition) is 4. The second-order valence-corrected chi connectivity index (χ2v) is 4.68. The zero-order valence-corrected chi connectivity index (χ0v) is 12.4. The molecule has 1 amide bonds. The minimum atomic E-state index is -0.755. The molecule has 0 fully saturated rings. The summed E-state index contributed by atoms with van der Waals surface area (Å²) in [5, 5.41) is 2.71. The number of esters is 1. The summed E-state index contributed by atoms with van der Waals surface area (Å²) in [6.45, 7) is 3.50. The van der Waals surface area contributed by atoms with Gasteiger partial charge in [0.25, 0.3) is 5.91 Å². The lowest BCUT2D eigenvalue weighted by molar-refractivity contribution is -0.124. The number of methoxy groups -OCH3 is 1. The predicted molar refractivity (Wildman–Crippen MR) is 75.7 cm³/mol. The number of carbonyl (C=O) groups excluding carboxylic acids is 2. The molecule has 6 heteroatoms. The third kappa shape index (κ3) is 5.41. The standard InChI is InChI=1S/C15H20FNO4/c1-4-5-10(2)17-14(18)9-21-15(19)11-6-7-13(20-3)12(16)8-11/h6-8,10H,4-5,9H2,1-3H3,(H,17,18). The highest BCUT2D eigenvalue weighted by atomic mass is 19.1. The molecule has 0 saturated carbocycles. The zero-order valence-electron chi connectivity index (χ0n) is 12.4. The molecular weight excluding hydrogens is 277 g/mol. The highest BCUT2D eigenvalue weighted by Crippen LogP contribution is 2.18. The Labute approximate surface area is 123 Å². The molecule has 0 spiro atoms. The molecule has 1 rings (SSSR count). The van der Waals surface area contributed by atoms with Gasteiger partial charge in [0.1, 0.15) is 0 Å². The van der Waals surface area contributed by atoms with Crippen molar-refractivity contribution in [2.75, 3.05) is 13.7 Å². The molecule has 0 aliphatic heterocycles. The number of hydrogen-bond donors (Lipinski definition) is 1. The Morgan fingerprint density at radius 1 is 1.38 bits per heavy atom. The second kappa shape index (κ2) is 8.24. The molecule has 5 nitrogen and oxygen atoms in total. The Balaban J connectivity index is 2.50. The fourth-order valence-corrected chi connectivity index (χ4v) is 1.83. The summed E-state index contributed by atoms with van der Waals surface area (Å²) in [7, 11) is 1.33. The number of ether oxygens (including phenoxy) is 2. The van der Waals surface area contributed by atoms with E-state index in [0.717, 1.165) is 18.9 Å². The number of nitrogens with one attached hydrogen (secondary N) is 1. The second-order valence-electron chi connectivity index (χ2n) is 4.68. The SMILES string of the molecule is CCCC(C)NC(=O)COC(=O)c1ccc(OC)c(F)c1. The average molecular weight is 297 g/mol. The molecule has 0 saturated heterocycles. The molecule has 1 unspecified atom stereocenters. The Morgan fingerprint density at radius 3 is 2.67 bits per heavy atom. The van der Waals surface area contributed by atoms with Gasteiger partial charge in [-0.1, -0.05) is 13.3 Å². The highest BCUT2D eigenvalue weighted by molar-refractivity contribution is 5.91. The molecule has 0 heterocycles. The van der Waals surface area contributed by atoms with E-state index < -0.39 is 11.8 Å². The van der Waals surface area contributed by atoms with E-state index in [4.69, 9.17) is 9.47 Å². The van der Waals surface area contributed by atoms with Crippen LogP contribution >= 0.6 is 0 Å². The van der Waals surface area contributed by atoms with Gasteiger partial charge in [-0.05, 0) is 31.5 Å². The van der Waals surface area contributed by atoms with E-state index in [0.29, 0.717) is 0 Å². The van der Waals surface area contributed by atoms with Gasteiger partial charge in [0.05, 0.1) is 12.7 Å². The average Bonchev–Trinajstić information content (AvgIpc) is 2.44. The van der Waals surface area contributed by atoms with Crippen LogP contribution in [-0.4, -0.2) is 31.6 Å². The van der Waals surface area contributed by atoms with Crippen LogP contribution in [0.5, 0.6) is 5.75 Å². The molecule has 0 aliphatic carbocycles. The lowest BCUT2D eigenvalue weighted by atomic mass is 10.2. The largest absolute Gasteiger partial charge is 0.494 e. The lowest BCUT2D eigenvalue weighted by Crippen LogP contribution is -2.35. The maximum absolute atomic E-state index is 13.5. The molecule has 1 aromatic carbocycles. The maximum Gasteiger partial charge on any atom is 0.338 e. The van der Waals surface area contributed by atoms with Gasteiger partial charge in [0, 0.05) is 6.04 Å². The van der Waals surface area contributed by atoms with Gasteiger partial charge in [-0.3, -0.25) is 4.79 Å². The first-order chi connectivity index (χ1) is 9.97. The van der Waals surface area contributed by atoms with Crippen LogP contribution in [-0.2, 0) is 9.53 Å². The number of halogens is 1. The number of rotatable bonds is 7. The van der Waals surface area contributed by atoms with Gasteiger partial charge in [-0.2, -0.15) is 0 Å². The fourth-order valence-electron chi connectivity index (χ4n) is 1.83. The van der Waals surface area contributed by atoms with Gasteiger partial charge in [0.15, 0.2) is 18.2 Å². The van der Waals surface area contributed by atoms with Crippen LogP contribution in [0.2, 0.25) is 0 Å². The van der Waals surface area contributed by atoms with E-state index in [1.165, 1.54) is 19.2 Å². The minimum absolute atomic E-state index is 0.0274. The molecule has 0 aromatic heterocycles. The van der Waals surface area contributed by atoms with E-state index in [9.17, 15) is 14.0 Å². The van der Waals surface area contributed by atoms with Crippen molar-refractivity contribution in [1.82, 2.24) is 5.32 Å². The number of carbonyl (C=O) groups is 2. The summed E-state index contributed by atoms with van der Waals surface area (Å²) in [5.74, 6) is -1.75. The van der Waals surface area contributed by atoms with Crippen LogP contribution in [0.3, 0.4) is 0 Å².